The van der Waals surface area contributed by atoms with E-state index in [1.807, 2.05) is 19.2 Å². The second kappa shape index (κ2) is 6.36. The van der Waals surface area contributed by atoms with Gasteiger partial charge in [0, 0.05) is 15.4 Å². The minimum atomic E-state index is 0.341. The Labute approximate surface area is 120 Å². The average Bonchev–Trinajstić information content (AvgIpc) is 2.91. The summed E-state index contributed by atoms with van der Waals surface area (Å²) in [6.07, 6.45) is 0.939. The normalized spacial score (nSPS) is 12.4. The van der Waals surface area contributed by atoms with Gasteiger partial charge in [-0.2, -0.15) is 0 Å². The number of hydrogen-bond acceptors (Lipinski definition) is 3. The van der Waals surface area contributed by atoms with Crippen molar-refractivity contribution in [1.29, 1.82) is 0 Å². The smallest absolute Gasteiger partial charge is 0.119 e. The Hall–Kier alpha value is -0.840. The molecule has 0 aliphatic rings. The Morgan fingerprint density at radius 1 is 1.39 bits per heavy atom. The van der Waals surface area contributed by atoms with Crippen LogP contribution in [0.15, 0.2) is 40.2 Å². The molecular weight excluding hydrogens is 310 g/mol. The van der Waals surface area contributed by atoms with Crippen LogP contribution in [0.3, 0.4) is 0 Å². The van der Waals surface area contributed by atoms with Crippen molar-refractivity contribution in [1.82, 2.24) is 5.32 Å². The molecule has 0 spiro atoms. The maximum atomic E-state index is 5.28. The van der Waals surface area contributed by atoms with Crippen LogP contribution in [0.4, 0.5) is 0 Å². The molecule has 0 radical (unpaired) electrons. The Bertz CT molecular complexity index is 499. The zero-order valence-electron chi connectivity index (χ0n) is 10.4. The molecule has 2 nitrogen and oxygen atoms in total. The number of benzene rings is 1. The predicted molar refractivity (Wildman–Crippen MR) is 80.5 cm³/mol. The number of rotatable bonds is 5. The Morgan fingerprint density at radius 3 is 2.83 bits per heavy atom. The lowest BCUT2D eigenvalue weighted by Gasteiger charge is -2.16. The van der Waals surface area contributed by atoms with Crippen LogP contribution in [0.1, 0.15) is 16.5 Å². The molecule has 1 aromatic carbocycles. The van der Waals surface area contributed by atoms with Gasteiger partial charge in [0.25, 0.3) is 0 Å². The molecule has 0 aliphatic heterocycles. The first kappa shape index (κ1) is 13.6. The third-order valence-electron chi connectivity index (χ3n) is 2.91. The van der Waals surface area contributed by atoms with Gasteiger partial charge in [0.1, 0.15) is 5.75 Å². The summed E-state index contributed by atoms with van der Waals surface area (Å²) in [6, 6.07) is 10.7. The quantitative estimate of drug-likeness (QED) is 0.896. The van der Waals surface area contributed by atoms with Crippen molar-refractivity contribution < 1.29 is 4.74 Å². The molecule has 0 aliphatic carbocycles. The van der Waals surface area contributed by atoms with E-state index < -0.39 is 0 Å². The van der Waals surface area contributed by atoms with Crippen LogP contribution in [-0.4, -0.2) is 14.2 Å². The molecule has 96 valence electrons. The molecule has 2 aromatic rings. The number of likely N-dealkylation sites (N-methyl/N-ethyl adjacent to an activating group) is 1. The summed E-state index contributed by atoms with van der Waals surface area (Å²) in [5.74, 6) is 0.897. The third-order valence-corrected chi connectivity index (χ3v) is 4.67. The number of ether oxygens (including phenoxy) is 1. The number of methoxy groups -OCH3 is 1. The summed E-state index contributed by atoms with van der Waals surface area (Å²) < 4.78 is 6.40. The third kappa shape index (κ3) is 3.13. The molecule has 1 heterocycles. The summed E-state index contributed by atoms with van der Waals surface area (Å²) in [6.45, 7) is 0. The first-order valence-corrected chi connectivity index (χ1v) is 7.45. The summed E-state index contributed by atoms with van der Waals surface area (Å²) in [4.78, 5) is 1.35. The molecule has 18 heavy (non-hydrogen) atoms. The van der Waals surface area contributed by atoms with E-state index in [0.29, 0.717) is 6.04 Å². The van der Waals surface area contributed by atoms with E-state index in [4.69, 9.17) is 4.74 Å². The standard InChI is InChI=1S/C14H16BrNOS/c1-16-13(14-4-3-7-18-14)9-10-8-11(17-2)5-6-12(10)15/h3-8,13,16H,9H2,1-2H3. The summed E-state index contributed by atoms with van der Waals surface area (Å²) in [7, 11) is 3.69. The minimum absolute atomic E-state index is 0.341. The van der Waals surface area contributed by atoms with Gasteiger partial charge in [-0.3, -0.25) is 0 Å². The Kier molecular flexibility index (Phi) is 4.80. The van der Waals surface area contributed by atoms with Crippen molar-refractivity contribution in [2.24, 2.45) is 0 Å². The van der Waals surface area contributed by atoms with Crippen molar-refractivity contribution >= 4 is 27.3 Å². The molecule has 2 rings (SSSR count). The molecule has 0 fully saturated rings. The predicted octanol–water partition coefficient (Wildman–Crippen LogP) is 4.02. The van der Waals surface area contributed by atoms with E-state index >= 15 is 0 Å². The van der Waals surface area contributed by atoms with Gasteiger partial charge in [-0.1, -0.05) is 22.0 Å². The van der Waals surface area contributed by atoms with Crippen LogP contribution in [0.2, 0.25) is 0 Å². The maximum absolute atomic E-state index is 5.28. The van der Waals surface area contributed by atoms with Crippen LogP contribution in [0, 0.1) is 0 Å². The van der Waals surface area contributed by atoms with Crippen molar-refractivity contribution in [3.63, 3.8) is 0 Å². The van der Waals surface area contributed by atoms with Crippen molar-refractivity contribution in [2.45, 2.75) is 12.5 Å². The first-order valence-electron chi connectivity index (χ1n) is 5.77. The molecule has 1 unspecified atom stereocenters. The number of hydrogen-bond donors (Lipinski definition) is 1. The van der Waals surface area contributed by atoms with Crippen LogP contribution in [-0.2, 0) is 6.42 Å². The molecular formula is C14H16BrNOS. The fraction of sp³-hybridized carbons (Fsp3) is 0.286. The molecule has 0 amide bonds. The fourth-order valence-electron chi connectivity index (χ4n) is 1.89. The highest BCUT2D eigenvalue weighted by molar-refractivity contribution is 9.10. The maximum Gasteiger partial charge on any atom is 0.119 e. The van der Waals surface area contributed by atoms with Gasteiger partial charge in [-0.15, -0.1) is 11.3 Å². The average molecular weight is 326 g/mol. The fourth-order valence-corrected chi connectivity index (χ4v) is 3.13. The van der Waals surface area contributed by atoms with Crippen molar-refractivity contribution in [3.05, 3.63) is 50.6 Å². The lowest BCUT2D eigenvalue weighted by Crippen LogP contribution is -2.17. The highest BCUT2D eigenvalue weighted by atomic mass is 79.9. The van der Waals surface area contributed by atoms with Gasteiger partial charge in [0.05, 0.1) is 7.11 Å². The summed E-state index contributed by atoms with van der Waals surface area (Å²) in [5.41, 5.74) is 1.25. The van der Waals surface area contributed by atoms with Gasteiger partial charge < -0.3 is 10.1 Å². The Balaban J connectivity index is 2.21. The zero-order chi connectivity index (χ0) is 13.0. The van der Waals surface area contributed by atoms with Crippen LogP contribution in [0.25, 0.3) is 0 Å². The Morgan fingerprint density at radius 2 is 2.22 bits per heavy atom. The molecule has 1 aromatic heterocycles. The molecule has 1 N–H and O–H groups in total. The largest absolute Gasteiger partial charge is 0.497 e. The first-order chi connectivity index (χ1) is 8.74. The van der Waals surface area contributed by atoms with E-state index in [-0.39, 0.29) is 0 Å². The van der Waals surface area contributed by atoms with E-state index in [9.17, 15) is 0 Å². The number of nitrogens with one attached hydrogen (secondary N) is 1. The highest BCUT2D eigenvalue weighted by Crippen LogP contribution is 2.28. The van der Waals surface area contributed by atoms with Gasteiger partial charge in [-0.05, 0) is 48.7 Å². The topological polar surface area (TPSA) is 21.3 Å². The molecule has 0 saturated heterocycles. The SMILES string of the molecule is CNC(Cc1cc(OC)ccc1Br)c1cccs1. The number of halogens is 1. The van der Waals surface area contributed by atoms with E-state index in [2.05, 4.69) is 44.8 Å². The highest BCUT2D eigenvalue weighted by Gasteiger charge is 2.13. The van der Waals surface area contributed by atoms with Crippen LogP contribution < -0.4 is 10.1 Å². The molecule has 4 heteroatoms. The molecule has 0 saturated carbocycles. The summed E-state index contributed by atoms with van der Waals surface area (Å²) >= 11 is 5.38. The molecule has 0 bridgehead atoms. The van der Waals surface area contributed by atoms with Crippen LogP contribution in [0.5, 0.6) is 5.75 Å². The summed E-state index contributed by atoms with van der Waals surface area (Å²) in [5, 5.41) is 5.48. The minimum Gasteiger partial charge on any atom is -0.497 e. The van der Waals surface area contributed by atoms with Crippen molar-refractivity contribution in [3.8, 4) is 5.75 Å². The van der Waals surface area contributed by atoms with Gasteiger partial charge in [-0.25, -0.2) is 0 Å². The lowest BCUT2D eigenvalue weighted by molar-refractivity contribution is 0.414. The van der Waals surface area contributed by atoms with Gasteiger partial charge in [0.15, 0.2) is 0 Å². The van der Waals surface area contributed by atoms with Gasteiger partial charge >= 0.3 is 0 Å². The second-order valence-electron chi connectivity index (χ2n) is 4.02. The molecule has 1 atom stereocenters. The van der Waals surface area contributed by atoms with E-state index in [1.165, 1.54) is 10.4 Å². The second-order valence-corrected chi connectivity index (χ2v) is 5.85. The monoisotopic (exact) mass is 325 g/mol. The van der Waals surface area contributed by atoms with Gasteiger partial charge in [0.2, 0.25) is 0 Å². The lowest BCUT2D eigenvalue weighted by atomic mass is 10.0. The number of thiophene rings is 1. The van der Waals surface area contributed by atoms with Crippen LogP contribution >= 0.6 is 27.3 Å². The zero-order valence-corrected chi connectivity index (χ0v) is 12.8. The van der Waals surface area contributed by atoms with Crippen molar-refractivity contribution in [2.75, 3.05) is 14.2 Å². The van der Waals surface area contributed by atoms with E-state index in [1.54, 1.807) is 18.4 Å². The van der Waals surface area contributed by atoms with E-state index in [0.717, 1.165) is 16.6 Å².